The van der Waals surface area contributed by atoms with Gasteiger partial charge in [0, 0.05) is 37.6 Å². The highest BCUT2D eigenvalue weighted by molar-refractivity contribution is 6.05. The number of carbonyl (C=O) groups is 1. The average Bonchev–Trinajstić information content (AvgIpc) is 2.87. The van der Waals surface area contributed by atoms with Gasteiger partial charge in [-0.05, 0) is 41.1 Å². The molecule has 174 valence electrons. The molecule has 1 N–H and O–H groups in total. The van der Waals surface area contributed by atoms with E-state index in [1.807, 2.05) is 42.5 Å². The lowest BCUT2D eigenvalue weighted by Gasteiger charge is -2.29. The molecule has 7 nitrogen and oxygen atoms in total. The van der Waals surface area contributed by atoms with E-state index in [2.05, 4.69) is 10.2 Å². The van der Waals surface area contributed by atoms with Crippen LogP contribution in [-0.4, -0.2) is 44.7 Å². The Morgan fingerprint density at radius 1 is 1.00 bits per heavy atom. The second kappa shape index (κ2) is 9.19. The van der Waals surface area contributed by atoms with Crippen LogP contribution in [-0.2, 0) is 13.0 Å². The largest absolute Gasteiger partial charge is 0.493 e. The summed E-state index contributed by atoms with van der Waals surface area (Å²) in [6, 6.07) is 16.6. The van der Waals surface area contributed by atoms with E-state index in [1.165, 1.54) is 17.2 Å². The monoisotopic (exact) mass is 458 g/mol. The number of hydrogen-bond acceptors (Lipinski definition) is 6. The molecule has 3 aromatic carbocycles. The Labute approximate surface area is 196 Å². The molecule has 1 aromatic heterocycles. The first-order valence-corrected chi connectivity index (χ1v) is 11.3. The average molecular weight is 459 g/mol. The van der Waals surface area contributed by atoms with E-state index in [0.29, 0.717) is 24.1 Å². The van der Waals surface area contributed by atoms with E-state index in [1.54, 1.807) is 20.3 Å². The molecule has 0 unspecified atom stereocenters. The lowest BCUT2D eigenvalue weighted by molar-refractivity contribution is 0.0920. The number of nitrogens with one attached hydrogen (secondary N) is 1. The van der Waals surface area contributed by atoms with Crippen LogP contribution < -0.4 is 20.2 Å². The molecule has 5 rings (SSSR count). The molecule has 2 heterocycles. The van der Waals surface area contributed by atoms with Crippen LogP contribution in [0, 0.1) is 0 Å². The second-order valence-corrected chi connectivity index (χ2v) is 8.40. The third kappa shape index (κ3) is 4.10. The minimum Gasteiger partial charge on any atom is -0.493 e. The molecule has 0 radical (unpaired) electrons. The molecule has 0 fully saturated rings. The SMILES string of the molecule is COc1cc2c(cc1OC)CN(CCNC(=O)c1cc(=O)c3ccc4ccccc4c3o1)CC2. The maximum atomic E-state index is 12.8. The van der Waals surface area contributed by atoms with Gasteiger partial charge in [-0.2, -0.15) is 0 Å². The molecule has 4 aromatic rings. The topological polar surface area (TPSA) is 81.0 Å². The molecular formula is C27H26N2O5. The van der Waals surface area contributed by atoms with Gasteiger partial charge in [0.25, 0.3) is 5.91 Å². The predicted molar refractivity (Wildman–Crippen MR) is 131 cm³/mol. The third-order valence-corrected chi connectivity index (χ3v) is 6.35. The fraction of sp³-hybridized carbons (Fsp3) is 0.259. The molecule has 0 spiro atoms. The van der Waals surface area contributed by atoms with Crippen molar-refractivity contribution in [2.24, 2.45) is 0 Å². The number of carbonyl (C=O) groups excluding carboxylic acids is 1. The quantitative estimate of drug-likeness (QED) is 0.443. The van der Waals surface area contributed by atoms with Gasteiger partial charge in [0.1, 0.15) is 5.58 Å². The van der Waals surface area contributed by atoms with Crippen LogP contribution in [0.15, 0.2) is 63.8 Å². The van der Waals surface area contributed by atoms with E-state index in [9.17, 15) is 9.59 Å². The Balaban J connectivity index is 1.27. The summed E-state index contributed by atoms with van der Waals surface area (Å²) in [4.78, 5) is 27.7. The maximum absolute atomic E-state index is 12.8. The van der Waals surface area contributed by atoms with Crippen LogP contribution in [0.2, 0.25) is 0 Å². The second-order valence-electron chi connectivity index (χ2n) is 8.40. The lowest BCUT2D eigenvalue weighted by Crippen LogP contribution is -2.38. The molecule has 0 saturated heterocycles. The molecule has 1 amide bonds. The van der Waals surface area contributed by atoms with Crippen molar-refractivity contribution in [1.82, 2.24) is 10.2 Å². The van der Waals surface area contributed by atoms with E-state index < -0.39 is 5.91 Å². The van der Waals surface area contributed by atoms with Crippen molar-refractivity contribution < 1.29 is 18.7 Å². The first kappa shape index (κ1) is 22.0. The zero-order valence-corrected chi connectivity index (χ0v) is 19.2. The van der Waals surface area contributed by atoms with Gasteiger partial charge in [0.15, 0.2) is 22.7 Å². The summed E-state index contributed by atoms with van der Waals surface area (Å²) in [6.45, 7) is 2.77. The van der Waals surface area contributed by atoms with Crippen molar-refractivity contribution in [2.75, 3.05) is 33.9 Å². The smallest absolute Gasteiger partial charge is 0.287 e. The Morgan fingerprint density at radius 3 is 2.56 bits per heavy atom. The summed E-state index contributed by atoms with van der Waals surface area (Å²) in [5.74, 6) is 1.09. The molecule has 0 bridgehead atoms. The Bertz CT molecular complexity index is 1440. The molecule has 1 aliphatic rings. The number of fused-ring (bicyclic) bond motifs is 4. The summed E-state index contributed by atoms with van der Waals surface area (Å²) in [5, 5.41) is 5.12. The van der Waals surface area contributed by atoms with E-state index >= 15 is 0 Å². The number of nitrogens with zero attached hydrogens (tertiary/aromatic N) is 1. The summed E-state index contributed by atoms with van der Waals surface area (Å²) in [5.41, 5.74) is 2.66. The van der Waals surface area contributed by atoms with Gasteiger partial charge in [-0.3, -0.25) is 14.5 Å². The van der Waals surface area contributed by atoms with E-state index in [0.717, 1.165) is 41.8 Å². The summed E-state index contributed by atoms with van der Waals surface area (Å²) in [7, 11) is 3.27. The standard InChI is InChI=1S/C27H26N2O5/c1-32-23-13-18-9-11-29(16-19(18)14-24(23)33-2)12-10-28-27(31)25-15-22(30)21-8-7-17-5-3-4-6-20(17)26(21)34-25/h3-8,13-15H,9-12,16H2,1-2H3,(H,28,31). The number of rotatable bonds is 6. The molecule has 0 aliphatic carbocycles. The molecular weight excluding hydrogens is 432 g/mol. The van der Waals surface area contributed by atoms with Crippen molar-refractivity contribution >= 4 is 27.6 Å². The number of hydrogen-bond donors (Lipinski definition) is 1. The van der Waals surface area contributed by atoms with Crippen LogP contribution in [0.4, 0.5) is 0 Å². The normalized spacial score (nSPS) is 13.6. The van der Waals surface area contributed by atoms with Gasteiger partial charge in [-0.25, -0.2) is 0 Å². The lowest BCUT2D eigenvalue weighted by atomic mass is 9.99. The van der Waals surface area contributed by atoms with Crippen molar-refractivity contribution in [3.63, 3.8) is 0 Å². The number of amides is 1. The number of benzene rings is 3. The molecule has 0 saturated carbocycles. The highest BCUT2D eigenvalue weighted by Crippen LogP contribution is 2.33. The van der Waals surface area contributed by atoms with E-state index in [-0.39, 0.29) is 11.2 Å². The van der Waals surface area contributed by atoms with Gasteiger partial charge in [-0.1, -0.05) is 30.3 Å². The van der Waals surface area contributed by atoms with Gasteiger partial charge in [0.05, 0.1) is 19.6 Å². The van der Waals surface area contributed by atoms with Crippen molar-refractivity contribution in [1.29, 1.82) is 0 Å². The minimum atomic E-state index is -0.393. The summed E-state index contributed by atoms with van der Waals surface area (Å²) < 4.78 is 16.7. The van der Waals surface area contributed by atoms with Gasteiger partial charge >= 0.3 is 0 Å². The van der Waals surface area contributed by atoms with E-state index in [4.69, 9.17) is 13.9 Å². The fourth-order valence-electron chi connectivity index (χ4n) is 4.54. The molecule has 1 aliphatic heterocycles. The maximum Gasteiger partial charge on any atom is 0.287 e. The Hall–Kier alpha value is -3.84. The zero-order chi connectivity index (χ0) is 23.7. The number of methoxy groups -OCH3 is 2. The van der Waals surface area contributed by atoms with Crippen LogP contribution >= 0.6 is 0 Å². The molecule has 0 atom stereocenters. The molecule has 7 heteroatoms. The summed E-state index contributed by atoms with van der Waals surface area (Å²) >= 11 is 0. The van der Waals surface area contributed by atoms with Gasteiger partial charge in [-0.15, -0.1) is 0 Å². The zero-order valence-electron chi connectivity index (χ0n) is 19.2. The van der Waals surface area contributed by atoms with Crippen molar-refractivity contribution in [3.05, 3.63) is 81.7 Å². The fourth-order valence-corrected chi connectivity index (χ4v) is 4.54. The first-order chi connectivity index (χ1) is 16.6. The van der Waals surface area contributed by atoms with Crippen LogP contribution in [0.25, 0.3) is 21.7 Å². The molecule has 34 heavy (non-hydrogen) atoms. The highest BCUT2D eigenvalue weighted by Gasteiger charge is 2.20. The van der Waals surface area contributed by atoms with Crippen LogP contribution in [0.1, 0.15) is 21.7 Å². The first-order valence-electron chi connectivity index (χ1n) is 11.3. The van der Waals surface area contributed by atoms with Crippen LogP contribution in [0.3, 0.4) is 0 Å². The summed E-state index contributed by atoms with van der Waals surface area (Å²) in [6.07, 6.45) is 0.899. The third-order valence-electron chi connectivity index (χ3n) is 6.35. The van der Waals surface area contributed by atoms with Gasteiger partial charge in [0.2, 0.25) is 0 Å². The van der Waals surface area contributed by atoms with Crippen molar-refractivity contribution in [3.8, 4) is 11.5 Å². The Kier molecular flexibility index (Phi) is 5.94. The number of ether oxygens (including phenoxy) is 2. The van der Waals surface area contributed by atoms with Gasteiger partial charge < -0.3 is 19.2 Å². The highest BCUT2D eigenvalue weighted by atomic mass is 16.5. The minimum absolute atomic E-state index is 0.0228. The van der Waals surface area contributed by atoms with Crippen molar-refractivity contribution in [2.45, 2.75) is 13.0 Å². The predicted octanol–water partition coefficient (Wildman–Crippen LogP) is 3.75. The Morgan fingerprint density at radius 2 is 1.76 bits per heavy atom. The van der Waals surface area contributed by atoms with Crippen LogP contribution in [0.5, 0.6) is 11.5 Å².